The van der Waals surface area contributed by atoms with Crippen LogP contribution in [0.15, 0.2) is 47.4 Å². The lowest BCUT2D eigenvalue weighted by molar-refractivity contribution is -0.384. The number of ether oxygens (including phenoxy) is 1. The normalized spacial score (nSPS) is 15.1. The van der Waals surface area contributed by atoms with Crippen LogP contribution in [0.4, 0.5) is 5.69 Å². The number of carbonyl (C=O) groups excluding carboxylic acids is 1. The summed E-state index contributed by atoms with van der Waals surface area (Å²) in [5.41, 5.74) is 0.254. The number of nitrogens with one attached hydrogen (secondary N) is 1. The summed E-state index contributed by atoms with van der Waals surface area (Å²) in [6, 6.07) is 9.93. The van der Waals surface area contributed by atoms with Crippen LogP contribution in [0.25, 0.3) is 0 Å². The van der Waals surface area contributed by atoms with E-state index in [-0.39, 0.29) is 40.8 Å². The van der Waals surface area contributed by atoms with Gasteiger partial charge in [-0.25, -0.2) is 8.42 Å². The highest BCUT2D eigenvalue weighted by molar-refractivity contribution is 7.89. The van der Waals surface area contributed by atoms with E-state index in [2.05, 4.69) is 5.32 Å². The van der Waals surface area contributed by atoms with E-state index in [1.807, 2.05) is 0 Å². The van der Waals surface area contributed by atoms with Crippen LogP contribution in [0.5, 0.6) is 0 Å². The molecule has 1 N–H and O–H groups in total. The lowest BCUT2D eigenvalue weighted by Crippen LogP contribution is -2.41. The Morgan fingerprint density at radius 1 is 1.21 bits per heavy atom. The number of nitrogens with zero attached hydrogens (tertiary/aromatic N) is 2. The predicted molar refractivity (Wildman–Crippen MR) is 105 cm³/mol. The van der Waals surface area contributed by atoms with E-state index >= 15 is 0 Å². The number of hydrogen-bond acceptors (Lipinski definition) is 6. The van der Waals surface area contributed by atoms with Crippen LogP contribution in [-0.4, -0.2) is 49.9 Å². The summed E-state index contributed by atoms with van der Waals surface area (Å²) in [6.07, 6.45) is 0. The first-order valence-electron chi connectivity index (χ1n) is 8.68. The number of benzene rings is 2. The van der Waals surface area contributed by atoms with Crippen LogP contribution in [0.3, 0.4) is 0 Å². The number of amides is 1. The number of halogens is 1. The molecule has 1 saturated heterocycles. The van der Waals surface area contributed by atoms with Crippen molar-refractivity contribution in [2.45, 2.75) is 11.4 Å². The van der Waals surface area contributed by atoms with Gasteiger partial charge in [-0.3, -0.25) is 14.9 Å². The zero-order chi connectivity index (χ0) is 21.0. The molecule has 0 aromatic heterocycles. The highest BCUT2D eigenvalue weighted by atomic mass is 35.5. The van der Waals surface area contributed by atoms with Crippen molar-refractivity contribution in [2.24, 2.45) is 0 Å². The Hall–Kier alpha value is -2.53. The van der Waals surface area contributed by atoms with E-state index in [4.69, 9.17) is 16.3 Å². The second kappa shape index (κ2) is 8.87. The van der Waals surface area contributed by atoms with E-state index in [0.29, 0.717) is 18.8 Å². The van der Waals surface area contributed by atoms with Crippen molar-refractivity contribution in [2.75, 3.05) is 26.3 Å². The van der Waals surface area contributed by atoms with Gasteiger partial charge in [0.05, 0.1) is 33.6 Å². The zero-order valence-corrected chi connectivity index (χ0v) is 16.8. The summed E-state index contributed by atoms with van der Waals surface area (Å²) in [6.45, 7) is 1.14. The topological polar surface area (TPSA) is 119 Å². The molecular weight excluding hydrogens is 422 g/mol. The fourth-order valence-electron chi connectivity index (χ4n) is 2.90. The molecule has 0 spiro atoms. The Bertz CT molecular complexity index is 1040. The molecule has 154 valence electrons. The quantitative estimate of drug-likeness (QED) is 0.544. The van der Waals surface area contributed by atoms with Crippen LogP contribution in [0, 0.1) is 10.1 Å². The molecule has 29 heavy (non-hydrogen) atoms. The summed E-state index contributed by atoms with van der Waals surface area (Å²) < 4.78 is 32.5. The summed E-state index contributed by atoms with van der Waals surface area (Å²) in [4.78, 5) is 22.7. The molecular formula is C18H18ClN3O6S. The number of rotatable bonds is 6. The van der Waals surface area contributed by atoms with Gasteiger partial charge in [0, 0.05) is 31.8 Å². The van der Waals surface area contributed by atoms with Crippen LogP contribution >= 0.6 is 11.6 Å². The molecule has 0 saturated carbocycles. The third-order valence-electron chi connectivity index (χ3n) is 4.41. The fraction of sp³-hybridized carbons (Fsp3) is 0.278. The second-order valence-corrected chi connectivity index (χ2v) is 8.54. The third-order valence-corrected chi connectivity index (χ3v) is 6.72. The Morgan fingerprint density at radius 3 is 2.55 bits per heavy atom. The molecule has 1 amide bonds. The molecule has 0 bridgehead atoms. The van der Waals surface area contributed by atoms with Gasteiger partial charge in [-0.1, -0.05) is 29.8 Å². The van der Waals surface area contributed by atoms with Crippen molar-refractivity contribution in [1.29, 1.82) is 0 Å². The largest absolute Gasteiger partial charge is 0.379 e. The number of morpholine rings is 1. The van der Waals surface area contributed by atoms with Gasteiger partial charge in [0.1, 0.15) is 0 Å². The molecule has 0 radical (unpaired) electrons. The van der Waals surface area contributed by atoms with Crippen LogP contribution in [0.2, 0.25) is 5.02 Å². The van der Waals surface area contributed by atoms with Gasteiger partial charge in [0.2, 0.25) is 10.0 Å². The van der Waals surface area contributed by atoms with Crippen molar-refractivity contribution in [3.05, 3.63) is 68.7 Å². The van der Waals surface area contributed by atoms with Crippen molar-refractivity contribution >= 4 is 33.2 Å². The monoisotopic (exact) mass is 439 g/mol. The van der Waals surface area contributed by atoms with Gasteiger partial charge in [-0.2, -0.15) is 4.31 Å². The zero-order valence-electron chi connectivity index (χ0n) is 15.2. The Morgan fingerprint density at radius 2 is 1.90 bits per heavy atom. The Labute approximate surface area is 172 Å². The first-order valence-corrected chi connectivity index (χ1v) is 10.5. The summed E-state index contributed by atoms with van der Waals surface area (Å²) in [5, 5.41) is 13.3. The standard InChI is InChI=1S/C18H18ClN3O6S/c19-16-11-14(22(24)25)5-6-15(16)18(23)20-12-13-3-1-2-4-17(13)29(26,27)21-7-9-28-10-8-21/h1-6,11H,7-10,12H2,(H,20,23). The summed E-state index contributed by atoms with van der Waals surface area (Å²) in [5.74, 6) is -0.566. The SMILES string of the molecule is O=C(NCc1ccccc1S(=O)(=O)N1CCOCC1)c1ccc([N+](=O)[O-])cc1Cl. The molecule has 1 fully saturated rings. The van der Waals surface area contributed by atoms with Crippen molar-refractivity contribution in [1.82, 2.24) is 9.62 Å². The Kier molecular flexibility index (Phi) is 6.48. The molecule has 11 heteroatoms. The van der Waals surface area contributed by atoms with Crippen LogP contribution in [0.1, 0.15) is 15.9 Å². The maximum atomic E-state index is 13.0. The number of non-ortho nitro benzene ring substituents is 1. The third kappa shape index (κ3) is 4.73. The van der Waals surface area contributed by atoms with Gasteiger partial charge in [-0.05, 0) is 17.7 Å². The maximum Gasteiger partial charge on any atom is 0.270 e. The summed E-state index contributed by atoms with van der Waals surface area (Å²) >= 11 is 5.98. The molecule has 9 nitrogen and oxygen atoms in total. The van der Waals surface area contributed by atoms with E-state index in [0.717, 1.165) is 6.07 Å². The first kappa shape index (κ1) is 21.2. The van der Waals surface area contributed by atoms with Gasteiger partial charge >= 0.3 is 0 Å². The average Bonchev–Trinajstić information content (AvgIpc) is 2.72. The lowest BCUT2D eigenvalue weighted by atomic mass is 10.1. The van der Waals surface area contributed by atoms with Crippen molar-refractivity contribution < 1.29 is 22.9 Å². The molecule has 2 aromatic rings. The van der Waals surface area contributed by atoms with Gasteiger partial charge in [0.25, 0.3) is 11.6 Å². The Balaban J connectivity index is 1.78. The molecule has 1 aliphatic heterocycles. The van der Waals surface area contributed by atoms with Crippen molar-refractivity contribution in [3.8, 4) is 0 Å². The van der Waals surface area contributed by atoms with Crippen LogP contribution in [-0.2, 0) is 21.3 Å². The van der Waals surface area contributed by atoms with E-state index < -0.39 is 20.9 Å². The highest BCUT2D eigenvalue weighted by Crippen LogP contribution is 2.24. The van der Waals surface area contributed by atoms with Gasteiger partial charge < -0.3 is 10.1 Å². The number of nitro groups is 1. The molecule has 0 unspecified atom stereocenters. The molecule has 1 aliphatic rings. The highest BCUT2D eigenvalue weighted by Gasteiger charge is 2.28. The maximum absolute atomic E-state index is 13.0. The first-order chi connectivity index (χ1) is 13.8. The minimum absolute atomic E-state index is 0.0497. The summed E-state index contributed by atoms with van der Waals surface area (Å²) in [7, 11) is -3.73. The molecule has 3 rings (SSSR count). The number of sulfonamides is 1. The molecule has 1 heterocycles. The average molecular weight is 440 g/mol. The number of carbonyl (C=O) groups is 1. The molecule has 0 aliphatic carbocycles. The molecule has 0 atom stereocenters. The molecule has 2 aromatic carbocycles. The smallest absolute Gasteiger partial charge is 0.270 e. The number of hydrogen-bond donors (Lipinski definition) is 1. The van der Waals surface area contributed by atoms with E-state index in [1.165, 1.54) is 22.5 Å². The van der Waals surface area contributed by atoms with Gasteiger partial charge in [0.15, 0.2) is 0 Å². The van der Waals surface area contributed by atoms with Gasteiger partial charge in [-0.15, -0.1) is 0 Å². The lowest BCUT2D eigenvalue weighted by Gasteiger charge is -2.27. The fourth-order valence-corrected chi connectivity index (χ4v) is 4.79. The predicted octanol–water partition coefficient (Wildman–Crippen LogP) is 2.20. The minimum atomic E-state index is -3.73. The minimum Gasteiger partial charge on any atom is -0.379 e. The van der Waals surface area contributed by atoms with E-state index in [1.54, 1.807) is 18.2 Å². The van der Waals surface area contributed by atoms with Crippen LogP contribution < -0.4 is 5.32 Å². The van der Waals surface area contributed by atoms with E-state index in [9.17, 15) is 23.3 Å². The second-order valence-electron chi connectivity index (χ2n) is 6.23. The number of nitro benzene ring substituents is 1. The van der Waals surface area contributed by atoms with Crippen molar-refractivity contribution in [3.63, 3.8) is 0 Å².